The number of likely N-dealkylation sites (N-methyl/N-ethyl adjacent to an activating group) is 1. The Balaban J connectivity index is 1.46. The van der Waals surface area contributed by atoms with Crippen molar-refractivity contribution in [2.45, 2.75) is 6.04 Å². The number of fused-ring (bicyclic) bond motifs is 4. The van der Waals surface area contributed by atoms with Crippen molar-refractivity contribution >= 4 is 33.5 Å². The Morgan fingerprint density at radius 2 is 2.15 bits per heavy atom. The van der Waals surface area contributed by atoms with Gasteiger partial charge >= 0.3 is 0 Å². The van der Waals surface area contributed by atoms with Gasteiger partial charge in [0, 0.05) is 36.2 Å². The summed E-state index contributed by atoms with van der Waals surface area (Å²) in [4.78, 5) is 19.6. The lowest BCUT2D eigenvalue weighted by molar-refractivity contribution is 0.0708. The first-order chi connectivity index (χ1) is 16.0. The van der Waals surface area contributed by atoms with Gasteiger partial charge in [0.2, 0.25) is 0 Å². The van der Waals surface area contributed by atoms with E-state index in [1.807, 2.05) is 44.4 Å². The average molecular weight is 441 g/mol. The number of benzene rings is 2. The predicted octanol–water partition coefficient (Wildman–Crippen LogP) is 2.48. The summed E-state index contributed by atoms with van der Waals surface area (Å²) in [6, 6.07) is 11.2. The summed E-state index contributed by atoms with van der Waals surface area (Å²) >= 11 is 0. The van der Waals surface area contributed by atoms with E-state index in [4.69, 9.17) is 10.5 Å². The molecule has 3 heterocycles. The van der Waals surface area contributed by atoms with Gasteiger partial charge in [0.15, 0.2) is 0 Å². The number of nitrogens with one attached hydrogen (secondary N) is 1. The number of hydrogen-bond acceptors (Lipinski definition) is 6. The van der Waals surface area contributed by atoms with Crippen molar-refractivity contribution in [1.29, 1.82) is 0 Å². The second-order valence-electron chi connectivity index (χ2n) is 8.09. The lowest BCUT2D eigenvalue weighted by atomic mass is 10.0. The van der Waals surface area contributed by atoms with Gasteiger partial charge in [-0.1, -0.05) is 17.9 Å². The van der Waals surface area contributed by atoms with Gasteiger partial charge in [-0.25, -0.2) is 4.98 Å². The third-order valence-electron chi connectivity index (χ3n) is 6.01. The van der Waals surface area contributed by atoms with E-state index < -0.39 is 0 Å². The van der Waals surface area contributed by atoms with E-state index in [0.717, 1.165) is 38.7 Å². The van der Waals surface area contributed by atoms with Crippen molar-refractivity contribution in [1.82, 2.24) is 25.0 Å². The highest BCUT2D eigenvalue weighted by Gasteiger charge is 2.31. The van der Waals surface area contributed by atoms with Gasteiger partial charge in [0.25, 0.3) is 5.91 Å². The molecule has 5 rings (SSSR count). The number of nitrogen functional groups attached to an aromatic ring is 1. The van der Waals surface area contributed by atoms with Gasteiger partial charge < -0.3 is 20.7 Å². The molecule has 1 aliphatic heterocycles. The van der Waals surface area contributed by atoms with E-state index in [0.29, 0.717) is 24.5 Å². The van der Waals surface area contributed by atoms with Gasteiger partial charge in [-0.3, -0.25) is 9.48 Å². The lowest BCUT2D eigenvalue weighted by Crippen LogP contribution is -2.32. The maximum absolute atomic E-state index is 13.4. The van der Waals surface area contributed by atoms with Gasteiger partial charge in [-0.15, -0.1) is 0 Å². The third kappa shape index (κ3) is 3.52. The third-order valence-corrected chi connectivity index (χ3v) is 6.01. The van der Waals surface area contributed by atoms with Crippen LogP contribution in [0.5, 0.6) is 5.75 Å². The molecule has 0 aliphatic carbocycles. The molecule has 3 N–H and O–H groups in total. The molecule has 0 spiro atoms. The molecule has 1 unspecified atom stereocenters. The van der Waals surface area contributed by atoms with Gasteiger partial charge in [-0.05, 0) is 37.4 Å². The van der Waals surface area contributed by atoms with E-state index in [9.17, 15) is 4.79 Å². The topological polar surface area (TPSA) is 98.3 Å². The number of hydrogen-bond donors (Lipinski definition) is 2. The molecule has 4 aromatic rings. The molecule has 0 radical (unpaired) electrons. The highest BCUT2D eigenvalue weighted by atomic mass is 16.5. The largest absolute Gasteiger partial charge is 0.491 e. The number of ether oxygens (including phenoxy) is 1. The normalized spacial score (nSPS) is 14.6. The molecule has 8 heteroatoms. The minimum absolute atomic E-state index is 0.0941. The summed E-state index contributed by atoms with van der Waals surface area (Å²) in [5.74, 6) is 7.26. The van der Waals surface area contributed by atoms with Crippen molar-refractivity contribution in [3.05, 3.63) is 59.3 Å². The molecule has 166 valence electrons. The number of nitrogens with two attached hydrogens (primary N) is 1. The molecule has 0 saturated heterocycles. The quantitative estimate of drug-likeness (QED) is 0.475. The molecule has 2 aromatic carbocycles. The van der Waals surface area contributed by atoms with Crippen molar-refractivity contribution in [2.24, 2.45) is 7.05 Å². The number of carbonyl (C=O) groups excluding carboxylic acids is 1. The maximum Gasteiger partial charge on any atom is 0.254 e. The standard InChI is InChI=1S/C25H24N6O2/c1-27-10-4-5-15-6-8-17-21(14-33-22(17)11-15)30(2)25(32)16-7-9-20-18(12-16)23-19(24(26)29-20)13-28-31(23)3/h6-9,11-13,21,27H,10,14H2,1-3H3,(H2,26,29). The van der Waals surface area contributed by atoms with Crippen molar-refractivity contribution in [2.75, 3.05) is 33.0 Å². The average Bonchev–Trinajstić information content (AvgIpc) is 3.42. The Hall–Kier alpha value is -4.09. The molecule has 0 bridgehead atoms. The Morgan fingerprint density at radius 1 is 1.30 bits per heavy atom. The highest BCUT2D eigenvalue weighted by molar-refractivity contribution is 6.10. The first-order valence-electron chi connectivity index (χ1n) is 10.7. The second kappa shape index (κ2) is 8.11. The fourth-order valence-electron chi connectivity index (χ4n) is 4.26. The van der Waals surface area contributed by atoms with Crippen LogP contribution in [-0.4, -0.2) is 52.8 Å². The molecule has 8 nitrogen and oxygen atoms in total. The molecule has 1 atom stereocenters. The summed E-state index contributed by atoms with van der Waals surface area (Å²) in [7, 11) is 5.52. The zero-order chi connectivity index (χ0) is 23.1. The number of rotatable bonds is 3. The van der Waals surface area contributed by atoms with Crippen LogP contribution in [-0.2, 0) is 7.05 Å². The van der Waals surface area contributed by atoms with Gasteiger partial charge in [0.1, 0.15) is 18.2 Å². The first-order valence-corrected chi connectivity index (χ1v) is 10.7. The molecular weight excluding hydrogens is 416 g/mol. The van der Waals surface area contributed by atoms with Crippen LogP contribution in [0.1, 0.15) is 27.5 Å². The van der Waals surface area contributed by atoms with Crippen LogP contribution in [0.2, 0.25) is 0 Å². The highest BCUT2D eigenvalue weighted by Crippen LogP contribution is 2.37. The number of anilines is 1. The Bertz CT molecular complexity index is 1460. The van der Waals surface area contributed by atoms with Crippen LogP contribution in [0.3, 0.4) is 0 Å². The number of aromatic nitrogens is 3. The summed E-state index contributed by atoms with van der Waals surface area (Å²) in [6.45, 7) is 1.03. The van der Waals surface area contributed by atoms with E-state index in [2.05, 4.69) is 27.2 Å². The molecule has 33 heavy (non-hydrogen) atoms. The summed E-state index contributed by atoms with van der Waals surface area (Å²) in [5, 5.41) is 8.92. The summed E-state index contributed by atoms with van der Waals surface area (Å²) < 4.78 is 7.65. The van der Waals surface area contributed by atoms with E-state index >= 15 is 0 Å². The van der Waals surface area contributed by atoms with Crippen LogP contribution in [0.4, 0.5) is 5.82 Å². The maximum atomic E-state index is 13.4. The van der Waals surface area contributed by atoms with Crippen LogP contribution in [0.15, 0.2) is 42.6 Å². The van der Waals surface area contributed by atoms with E-state index in [-0.39, 0.29) is 11.9 Å². The van der Waals surface area contributed by atoms with Crippen molar-refractivity contribution < 1.29 is 9.53 Å². The Labute approximate surface area is 191 Å². The molecule has 0 fully saturated rings. The summed E-state index contributed by atoms with van der Waals surface area (Å²) in [5.41, 5.74) is 10.1. The Kier molecular flexibility index (Phi) is 5.11. The van der Waals surface area contributed by atoms with Crippen molar-refractivity contribution in [3.8, 4) is 17.6 Å². The first kappa shape index (κ1) is 20.8. The monoisotopic (exact) mass is 440 g/mol. The molecule has 1 aliphatic rings. The van der Waals surface area contributed by atoms with E-state index in [1.165, 1.54) is 0 Å². The van der Waals surface area contributed by atoms with Crippen LogP contribution < -0.4 is 15.8 Å². The van der Waals surface area contributed by atoms with E-state index in [1.54, 1.807) is 28.9 Å². The van der Waals surface area contributed by atoms with Crippen LogP contribution in [0, 0.1) is 11.8 Å². The number of amides is 1. The zero-order valence-electron chi connectivity index (χ0n) is 18.7. The molecule has 1 amide bonds. The number of nitrogens with zero attached hydrogens (tertiary/aromatic N) is 4. The fraction of sp³-hybridized carbons (Fsp3) is 0.240. The molecule has 0 saturated carbocycles. The minimum Gasteiger partial charge on any atom is -0.491 e. The predicted molar refractivity (Wildman–Crippen MR) is 128 cm³/mol. The fourth-order valence-corrected chi connectivity index (χ4v) is 4.26. The molecule has 2 aromatic heterocycles. The van der Waals surface area contributed by atoms with Crippen LogP contribution >= 0.6 is 0 Å². The van der Waals surface area contributed by atoms with Crippen LogP contribution in [0.25, 0.3) is 21.8 Å². The number of pyridine rings is 1. The smallest absolute Gasteiger partial charge is 0.254 e. The SMILES string of the molecule is CNCC#Cc1ccc2c(c1)OCC2N(C)C(=O)c1ccc2nc(N)c3cnn(C)c3c2c1. The zero-order valence-corrected chi connectivity index (χ0v) is 18.7. The lowest BCUT2D eigenvalue weighted by Gasteiger charge is -2.24. The molecular formula is C25H24N6O2. The number of carbonyl (C=O) groups is 1. The second-order valence-corrected chi connectivity index (χ2v) is 8.09. The summed E-state index contributed by atoms with van der Waals surface area (Å²) in [6.07, 6.45) is 1.70. The number of aryl methyl sites for hydroxylation is 1. The minimum atomic E-state index is -0.177. The van der Waals surface area contributed by atoms with Gasteiger partial charge in [-0.2, -0.15) is 5.10 Å². The van der Waals surface area contributed by atoms with Gasteiger partial charge in [0.05, 0.1) is 35.2 Å². The van der Waals surface area contributed by atoms with Crippen molar-refractivity contribution in [3.63, 3.8) is 0 Å². The Morgan fingerprint density at radius 3 is 2.97 bits per heavy atom.